The highest BCUT2D eigenvalue weighted by molar-refractivity contribution is 6.01. The Bertz CT molecular complexity index is 1200. The number of benzene rings is 2. The SMILES string of the molecule is O=c1c2oc3ccccc3c2ncn1Cc1c(F)cccc1[N+](=O)[O-]. The van der Waals surface area contributed by atoms with E-state index < -0.39 is 22.0 Å². The molecule has 0 aliphatic heterocycles. The van der Waals surface area contributed by atoms with E-state index in [4.69, 9.17) is 4.42 Å². The summed E-state index contributed by atoms with van der Waals surface area (Å²) in [6, 6.07) is 10.6. The number of rotatable bonds is 3. The van der Waals surface area contributed by atoms with Crippen LogP contribution in [-0.2, 0) is 6.54 Å². The zero-order chi connectivity index (χ0) is 17.6. The summed E-state index contributed by atoms with van der Waals surface area (Å²) < 4.78 is 20.7. The predicted molar refractivity (Wildman–Crippen MR) is 87.9 cm³/mol. The standard InChI is InChI=1S/C17H10FN3O4/c18-12-5-3-6-13(21(23)24)11(12)8-20-9-19-15-10-4-1-2-7-14(10)25-16(15)17(20)22/h1-7,9H,8H2. The lowest BCUT2D eigenvalue weighted by molar-refractivity contribution is -0.385. The number of furan rings is 1. The van der Waals surface area contributed by atoms with Crippen LogP contribution in [0.25, 0.3) is 22.1 Å². The average Bonchev–Trinajstić information content (AvgIpc) is 2.98. The van der Waals surface area contributed by atoms with Gasteiger partial charge in [-0.25, -0.2) is 9.37 Å². The lowest BCUT2D eigenvalue weighted by atomic mass is 10.1. The van der Waals surface area contributed by atoms with Gasteiger partial charge in [0.2, 0.25) is 5.58 Å². The molecule has 0 fully saturated rings. The van der Waals surface area contributed by atoms with Crippen molar-refractivity contribution in [1.82, 2.24) is 9.55 Å². The van der Waals surface area contributed by atoms with Gasteiger partial charge < -0.3 is 4.42 Å². The highest BCUT2D eigenvalue weighted by Gasteiger charge is 2.20. The highest BCUT2D eigenvalue weighted by Crippen LogP contribution is 2.25. The molecule has 0 spiro atoms. The molecule has 0 bridgehead atoms. The Balaban J connectivity index is 1.89. The summed E-state index contributed by atoms with van der Waals surface area (Å²) in [6.45, 7) is -0.318. The number of nitrogens with zero attached hydrogens (tertiary/aromatic N) is 3. The lowest BCUT2D eigenvalue weighted by Gasteiger charge is -2.06. The van der Waals surface area contributed by atoms with Gasteiger partial charge in [-0.3, -0.25) is 19.5 Å². The molecular formula is C17H10FN3O4. The Kier molecular flexibility index (Phi) is 3.31. The first-order valence-electron chi connectivity index (χ1n) is 7.34. The Morgan fingerprint density at radius 1 is 1.20 bits per heavy atom. The third kappa shape index (κ3) is 2.35. The summed E-state index contributed by atoms with van der Waals surface area (Å²) >= 11 is 0. The Morgan fingerprint density at radius 3 is 2.80 bits per heavy atom. The molecule has 4 rings (SSSR count). The van der Waals surface area contributed by atoms with Crippen LogP contribution in [0.3, 0.4) is 0 Å². The molecule has 0 aliphatic carbocycles. The summed E-state index contributed by atoms with van der Waals surface area (Å²) in [4.78, 5) is 27.3. The summed E-state index contributed by atoms with van der Waals surface area (Å²) in [5.74, 6) is -0.759. The maximum atomic E-state index is 14.0. The molecule has 2 aromatic heterocycles. The first-order chi connectivity index (χ1) is 12.1. The normalized spacial score (nSPS) is 11.2. The molecule has 8 heteroatoms. The van der Waals surface area contributed by atoms with Crippen molar-refractivity contribution in [3.05, 3.63) is 80.6 Å². The smallest absolute Gasteiger partial charge is 0.297 e. The molecule has 2 aromatic carbocycles. The second-order valence-electron chi connectivity index (χ2n) is 5.45. The van der Waals surface area contributed by atoms with Crippen LogP contribution in [-0.4, -0.2) is 14.5 Å². The van der Waals surface area contributed by atoms with Gasteiger partial charge in [-0.05, 0) is 18.2 Å². The molecule has 0 saturated heterocycles. The van der Waals surface area contributed by atoms with E-state index in [9.17, 15) is 19.3 Å². The Hall–Kier alpha value is -3.55. The van der Waals surface area contributed by atoms with Gasteiger partial charge in [0.05, 0.1) is 23.4 Å². The first-order valence-corrected chi connectivity index (χ1v) is 7.34. The maximum Gasteiger partial charge on any atom is 0.297 e. The third-order valence-corrected chi connectivity index (χ3v) is 3.97. The molecule has 4 aromatic rings. The van der Waals surface area contributed by atoms with Crippen LogP contribution in [0.2, 0.25) is 0 Å². The van der Waals surface area contributed by atoms with Crippen LogP contribution in [0.4, 0.5) is 10.1 Å². The summed E-state index contributed by atoms with van der Waals surface area (Å²) in [5.41, 5.74) is -0.165. The van der Waals surface area contributed by atoms with Crippen molar-refractivity contribution < 1.29 is 13.7 Å². The number of para-hydroxylation sites is 1. The van der Waals surface area contributed by atoms with Crippen molar-refractivity contribution in [2.45, 2.75) is 6.54 Å². The number of nitro groups is 1. The second-order valence-corrected chi connectivity index (χ2v) is 5.45. The molecule has 124 valence electrons. The predicted octanol–water partition coefficient (Wildman–Crippen LogP) is 3.24. The van der Waals surface area contributed by atoms with E-state index in [1.807, 2.05) is 0 Å². The van der Waals surface area contributed by atoms with Crippen molar-refractivity contribution in [3.63, 3.8) is 0 Å². The van der Waals surface area contributed by atoms with Crippen molar-refractivity contribution in [2.75, 3.05) is 0 Å². The molecule has 25 heavy (non-hydrogen) atoms. The molecule has 0 N–H and O–H groups in total. The zero-order valence-electron chi connectivity index (χ0n) is 12.7. The quantitative estimate of drug-likeness (QED) is 0.422. The summed E-state index contributed by atoms with van der Waals surface area (Å²) in [6.07, 6.45) is 1.24. The van der Waals surface area contributed by atoms with E-state index >= 15 is 0 Å². The summed E-state index contributed by atoms with van der Waals surface area (Å²) in [7, 11) is 0. The van der Waals surface area contributed by atoms with Gasteiger partial charge in [-0.2, -0.15) is 0 Å². The van der Waals surface area contributed by atoms with Crippen molar-refractivity contribution in [2.24, 2.45) is 0 Å². The number of hydrogen-bond donors (Lipinski definition) is 0. The molecule has 0 saturated carbocycles. The Labute approximate surface area is 139 Å². The van der Waals surface area contributed by atoms with Crippen LogP contribution < -0.4 is 5.56 Å². The van der Waals surface area contributed by atoms with Crippen LogP contribution in [0.15, 0.2) is 58.0 Å². The van der Waals surface area contributed by atoms with E-state index in [1.54, 1.807) is 24.3 Å². The van der Waals surface area contributed by atoms with Gasteiger partial charge in [-0.15, -0.1) is 0 Å². The van der Waals surface area contributed by atoms with E-state index in [2.05, 4.69) is 4.98 Å². The Morgan fingerprint density at radius 2 is 2.00 bits per heavy atom. The van der Waals surface area contributed by atoms with Crippen LogP contribution in [0.1, 0.15) is 5.56 Å². The molecule has 2 heterocycles. The fraction of sp³-hybridized carbons (Fsp3) is 0.0588. The molecule has 0 unspecified atom stereocenters. The topological polar surface area (TPSA) is 91.2 Å². The van der Waals surface area contributed by atoms with Gasteiger partial charge in [0, 0.05) is 11.5 Å². The zero-order valence-corrected chi connectivity index (χ0v) is 12.7. The van der Waals surface area contributed by atoms with Crippen molar-refractivity contribution in [3.8, 4) is 0 Å². The minimum atomic E-state index is -0.759. The van der Waals surface area contributed by atoms with E-state index in [-0.39, 0.29) is 17.7 Å². The van der Waals surface area contributed by atoms with Crippen LogP contribution in [0.5, 0.6) is 0 Å². The minimum absolute atomic E-state index is 0.0303. The second kappa shape index (κ2) is 5.52. The number of aromatic nitrogens is 2. The van der Waals surface area contributed by atoms with Gasteiger partial charge in [-0.1, -0.05) is 18.2 Å². The monoisotopic (exact) mass is 339 g/mol. The third-order valence-electron chi connectivity index (χ3n) is 3.97. The number of hydrogen-bond acceptors (Lipinski definition) is 5. The van der Waals surface area contributed by atoms with Gasteiger partial charge in [0.25, 0.3) is 11.2 Å². The molecule has 0 amide bonds. The number of nitro benzene ring substituents is 1. The minimum Gasteiger partial charge on any atom is -0.448 e. The highest BCUT2D eigenvalue weighted by atomic mass is 19.1. The molecule has 0 radical (unpaired) electrons. The molecule has 7 nitrogen and oxygen atoms in total. The van der Waals surface area contributed by atoms with E-state index in [0.717, 1.165) is 10.6 Å². The maximum absolute atomic E-state index is 14.0. The van der Waals surface area contributed by atoms with Gasteiger partial charge in [0.15, 0.2) is 0 Å². The van der Waals surface area contributed by atoms with E-state index in [1.165, 1.54) is 18.5 Å². The fourth-order valence-electron chi connectivity index (χ4n) is 2.77. The fourth-order valence-corrected chi connectivity index (χ4v) is 2.77. The van der Waals surface area contributed by atoms with Gasteiger partial charge in [0.1, 0.15) is 16.9 Å². The van der Waals surface area contributed by atoms with Gasteiger partial charge >= 0.3 is 0 Å². The van der Waals surface area contributed by atoms with Crippen LogP contribution in [0, 0.1) is 15.9 Å². The number of halogens is 1. The van der Waals surface area contributed by atoms with Crippen molar-refractivity contribution in [1.29, 1.82) is 0 Å². The largest absolute Gasteiger partial charge is 0.448 e. The molecule has 0 aliphatic rings. The lowest BCUT2D eigenvalue weighted by Crippen LogP contribution is -2.21. The molecule has 0 atom stereocenters. The summed E-state index contributed by atoms with van der Waals surface area (Å²) in [5, 5.41) is 11.8. The average molecular weight is 339 g/mol. The van der Waals surface area contributed by atoms with E-state index in [0.29, 0.717) is 16.5 Å². The molecular weight excluding hydrogens is 329 g/mol. The number of fused-ring (bicyclic) bond motifs is 3. The van der Waals surface area contributed by atoms with Crippen molar-refractivity contribution >= 4 is 27.8 Å². The first kappa shape index (κ1) is 15.0. The van der Waals surface area contributed by atoms with Crippen LogP contribution >= 0.6 is 0 Å².